The third-order valence-electron chi connectivity index (χ3n) is 4.86. The molecule has 4 aromatic rings. The second-order valence-corrected chi connectivity index (χ2v) is 9.38. The van der Waals surface area contributed by atoms with E-state index in [1.165, 1.54) is 11.0 Å². The van der Waals surface area contributed by atoms with Gasteiger partial charge in [0, 0.05) is 29.8 Å². The molecule has 5 nitrogen and oxygen atoms in total. The van der Waals surface area contributed by atoms with Crippen molar-refractivity contribution < 1.29 is 18.3 Å². The number of pyridine rings is 1. The van der Waals surface area contributed by atoms with Gasteiger partial charge in [-0.15, -0.1) is 11.8 Å². The summed E-state index contributed by atoms with van der Waals surface area (Å²) in [6.07, 6.45) is 4.29. The normalized spacial score (nSPS) is 11.0. The van der Waals surface area contributed by atoms with E-state index in [-0.39, 0.29) is 18.0 Å². The first-order valence-corrected chi connectivity index (χ1v) is 12.1. The van der Waals surface area contributed by atoms with Crippen molar-refractivity contribution in [1.82, 2.24) is 9.97 Å². The molecule has 0 aliphatic heterocycles. The highest BCUT2D eigenvalue weighted by Crippen LogP contribution is 2.32. The van der Waals surface area contributed by atoms with Gasteiger partial charge in [0.2, 0.25) is 5.91 Å². The molecular weight excluding hydrogens is 464 g/mol. The van der Waals surface area contributed by atoms with Gasteiger partial charge in [-0.05, 0) is 54.1 Å². The second kappa shape index (κ2) is 10.7. The van der Waals surface area contributed by atoms with E-state index in [2.05, 4.69) is 9.97 Å². The van der Waals surface area contributed by atoms with Crippen molar-refractivity contribution in [2.24, 2.45) is 0 Å². The van der Waals surface area contributed by atoms with Gasteiger partial charge in [-0.3, -0.25) is 14.7 Å². The van der Waals surface area contributed by atoms with Crippen molar-refractivity contribution >= 4 is 44.4 Å². The average Bonchev–Trinajstić information content (AvgIpc) is 3.25. The number of hydrogen-bond donors (Lipinski definition) is 0. The number of ether oxygens (including phenoxy) is 1. The van der Waals surface area contributed by atoms with Crippen molar-refractivity contribution in [1.29, 1.82) is 0 Å². The lowest BCUT2D eigenvalue weighted by molar-refractivity contribution is -0.118. The number of nitrogens with zero attached hydrogens (tertiary/aromatic N) is 3. The Morgan fingerprint density at radius 2 is 2.00 bits per heavy atom. The maximum atomic E-state index is 14.2. The van der Waals surface area contributed by atoms with Crippen LogP contribution in [0.1, 0.15) is 18.4 Å². The van der Waals surface area contributed by atoms with E-state index in [4.69, 9.17) is 4.74 Å². The maximum Gasteiger partial charge on any atom is 0.229 e. The fourth-order valence-electron chi connectivity index (χ4n) is 3.22. The van der Waals surface area contributed by atoms with Gasteiger partial charge in [0.25, 0.3) is 0 Å². The van der Waals surface area contributed by atoms with Crippen LogP contribution in [0.15, 0.2) is 65.8 Å². The van der Waals surface area contributed by atoms with Gasteiger partial charge < -0.3 is 4.74 Å². The zero-order valence-electron chi connectivity index (χ0n) is 17.8. The Morgan fingerprint density at radius 1 is 1.18 bits per heavy atom. The molecule has 0 N–H and O–H groups in total. The summed E-state index contributed by atoms with van der Waals surface area (Å²) < 4.78 is 33.4. The summed E-state index contributed by atoms with van der Waals surface area (Å²) in [6, 6.07) is 13.4. The Hall–Kier alpha value is -3.04. The number of halogens is 2. The number of methoxy groups -OCH3 is 1. The Morgan fingerprint density at radius 3 is 2.73 bits per heavy atom. The number of carbonyl (C=O) groups is 1. The summed E-state index contributed by atoms with van der Waals surface area (Å²) >= 11 is 2.76. The van der Waals surface area contributed by atoms with Gasteiger partial charge >= 0.3 is 0 Å². The first-order valence-electron chi connectivity index (χ1n) is 10.2. The Balaban J connectivity index is 1.47. The third-order valence-corrected chi connectivity index (χ3v) is 6.98. The minimum absolute atomic E-state index is 0.0652. The van der Waals surface area contributed by atoms with Gasteiger partial charge in [0.05, 0.1) is 18.4 Å². The first-order chi connectivity index (χ1) is 16.0. The van der Waals surface area contributed by atoms with E-state index in [0.29, 0.717) is 22.7 Å². The molecule has 0 unspecified atom stereocenters. The molecule has 2 heterocycles. The van der Waals surface area contributed by atoms with Crippen molar-refractivity contribution in [2.45, 2.75) is 24.3 Å². The number of hydrogen-bond acceptors (Lipinski definition) is 6. The summed E-state index contributed by atoms with van der Waals surface area (Å²) in [4.78, 5) is 24.2. The lowest BCUT2D eigenvalue weighted by Gasteiger charge is -2.20. The van der Waals surface area contributed by atoms with E-state index >= 15 is 0 Å². The van der Waals surface area contributed by atoms with Gasteiger partial charge in [-0.2, -0.15) is 0 Å². The van der Waals surface area contributed by atoms with Gasteiger partial charge in [-0.25, -0.2) is 13.8 Å². The predicted molar refractivity (Wildman–Crippen MR) is 128 cm³/mol. The molecule has 0 aliphatic carbocycles. The highest BCUT2D eigenvalue weighted by Gasteiger charge is 2.21. The summed E-state index contributed by atoms with van der Waals surface area (Å²) in [5.41, 5.74) is 0.889. The first kappa shape index (κ1) is 23.1. The van der Waals surface area contributed by atoms with Crippen molar-refractivity contribution in [3.63, 3.8) is 0 Å². The molecule has 0 aliphatic rings. The molecule has 4 rings (SSSR count). The molecule has 2 aromatic carbocycles. The zero-order valence-corrected chi connectivity index (χ0v) is 19.5. The van der Waals surface area contributed by atoms with Crippen molar-refractivity contribution in [2.75, 3.05) is 17.8 Å². The van der Waals surface area contributed by atoms with E-state index in [1.54, 1.807) is 37.3 Å². The standard InChI is InChI=1S/C24H21F2N3O2S2/c1-31-18-6-8-19(9-7-18)32-11-3-5-22(30)29(15-16-4-2-10-27-14-16)24-28-23-20(26)12-17(25)13-21(23)33-24/h2,4,6-10,12-14H,3,5,11,15H2,1H3. The van der Waals surface area contributed by atoms with E-state index in [9.17, 15) is 13.6 Å². The minimum atomic E-state index is -0.739. The molecule has 0 saturated heterocycles. The topological polar surface area (TPSA) is 55.3 Å². The largest absolute Gasteiger partial charge is 0.497 e. The van der Waals surface area contributed by atoms with Crippen LogP contribution in [0.3, 0.4) is 0 Å². The summed E-state index contributed by atoms with van der Waals surface area (Å²) in [5.74, 6) is 0.0216. The fraction of sp³-hybridized carbons (Fsp3) is 0.208. The average molecular weight is 486 g/mol. The number of carbonyl (C=O) groups excluding carboxylic acids is 1. The Labute approximate surface area is 198 Å². The molecule has 1 amide bonds. The second-order valence-electron chi connectivity index (χ2n) is 7.20. The highest BCUT2D eigenvalue weighted by atomic mass is 32.2. The van der Waals surface area contributed by atoms with Gasteiger partial charge in [-0.1, -0.05) is 17.4 Å². The lowest BCUT2D eigenvalue weighted by atomic mass is 10.2. The molecule has 0 atom stereocenters. The molecule has 0 spiro atoms. The number of fused-ring (bicyclic) bond motifs is 1. The molecule has 170 valence electrons. The lowest BCUT2D eigenvalue weighted by Crippen LogP contribution is -2.30. The van der Waals surface area contributed by atoms with E-state index in [0.717, 1.165) is 39.4 Å². The SMILES string of the molecule is COc1ccc(SCCCC(=O)N(Cc2cccnc2)c2nc3c(F)cc(F)cc3s2)cc1. The Kier molecular flexibility index (Phi) is 7.51. The van der Waals surface area contributed by atoms with Crippen LogP contribution in [-0.2, 0) is 11.3 Å². The number of amides is 1. The van der Waals surface area contributed by atoms with E-state index < -0.39 is 11.6 Å². The molecule has 0 bridgehead atoms. The van der Waals surface area contributed by atoms with Crippen LogP contribution in [-0.4, -0.2) is 28.7 Å². The molecule has 0 radical (unpaired) electrons. The predicted octanol–water partition coefficient (Wildman–Crippen LogP) is 6.08. The minimum Gasteiger partial charge on any atom is -0.497 e. The van der Waals surface area contributed by atoms with Crippen LogP contribution in [0, 0.1) is 11.6 Å². The van der Waals surface area contributed by atoms with Crippen molar-refractivity contribution in [3.8, 4) is 5.75 Å². The molecule has 9 heteroatoms. The third kappa shape index (κ3) is 5.85. The number of thiazole rings is 1. The number of anilines is 1. The Bertz CT molecular complexity index is 1230. The zero-order chi connectivity index (χ0) is 23.2. The highest BCUT2D eigenvalue weighted by molar-refractivity contribution is 7.99. The molecule has 33 heavy (non-hydrogen) atoms. The van der Waals surface area contributed by atoms with Gasteiger partial charge in [0.1, 0.15) is 17.1 Å². The van der Waals surface area contributed by atoms with Gasteiger partial charge in [0.15, 0.2) is 10.9 Å². The van der Waals surface area contributed by atoms with Crippen LogP contribution in [0.25, 0.3) is 10.2 Å². The molecular formula is C24H21F2N3O2S2. The van der Waals surface area contributed by atoms with Crippen molar-refractivity contribution in [3.05, 3.63) is 78.1 Å². The maximum absolute atomic E-state index is 14.2. The molecule has 0 saturated carbocycles. The molecule has 0 fully saturated rings. The number of benzene rings is 2. The van der Waals surface area contributed by atoms with Crippen LogP contribution in [0.4, 0.5) is 13.9 Å². The number of aromatic nitrogens is 2. The quantitative estimate of drug-likeness (QED) is 0.212. The summed E-state index contributed by atoms with van der Waals surface area (Å²) in [6.45, 7) is 0.252. The summed E-state index contributed by atoms with van der Waals surface area (Å²) in [5, 5.41) is 0.339. The van der Waals surface area contributed by atoms with Crippen LogP contribution in [0.5, 0.6) is 5.75 Å². The number of rotatable bonds is 9. The monoisotopic (exact) mass is 485 g/mol. The molecule has 2 aromatic heterocycles. The smallest absolute Gasteiger partial charge is 0.229 e. The fourth-order valence-corrected chi connectivity index (χ4v) is 5.09. The van der Waals surface area contributed by atoms with E-state index in [1.807, 2.05) is 30.3 Å². The summed E-state index contributed by atoms with van der Waals surface area (Å²) in [7, 11) is 1.63. The van der Waals surface area contributed by atoms with Crippen LogP contribution in [0.2, 0.25) is 0 Å². The van der Waals surface area contributed by atoms with Crippen LogP contribution >= 0.6 is 23.1 Å². The van der Waals surface area contributed by atoms with Crippen LogP contribution < -0.4 is 9.64 Å². The number of thioether (sulfide) groups is 1.